The van der Waals surface area contributed by atoms with Gasteiger partial charge in [-0.1, -0.05) is 30.4 Å². The van der Waals surface area contributed by atoms with E-state index < -0.39 is 0 Å². The third-order valence-corrected chi connectivity index (χ3v) is 1.90. The summed E-state index contributed by atoms with van der Waals surface area (Å²) in [6, 6.07) is 0. The molecule has 0 saturated carbocycles. The molecule has 0 radical (unpaired) electrons. The molecule has 0 amide bonds. The summed E-state index contributed by atoms with van der Waals surface area (Å²) in [7, 11) is 0. The number of allylic oxidation sites excluding steroid dienone is 5. The number of fused-ring (bicyclic) bond motifs is 1. The van der Waals surface area contributed by atoms with Crippen LogP contribution in [0, 0.1) is 0 Å². The van der Waals surface area contributed by atoms with E-state index in [4.69, 9.17) is 0 Å². The quantitative estimate of drug-likeness (QED) is 0.549. The molecule has 1 N–H and O–H groups in total. The minimum atomic E-state index is 1.07. The second-order valence-electron chi connectivity index (χ2n) is 2.70. The van der Waals surface area contributed by atoms with Crippen molar-refractivity contribution in [3.8, 4) is 0 Å². The third-order valence-electron chi connectivity index (χ3n) is 1.90. The van der Waals surface area contributed by atoms with Gasteiger partial charge in [-0.25, -0.2) is 0 Å². The van der Waals surface area contributed by atoms with E-state index in [-0.39, 0.29) is 0 Å². The average molecular weight is 145 g/mol. The lowest BCUT2D eigenvalue weighted by Gasteiger charge is -2.15. The minimum Gasteiger partial charge on any atom is -0.384 e. The maximum Gasteiger partial charge on any atom is 0.0410 e. The van der Waals surface area contributed by atoms with Gasteiger partial charge in [0.25, 0.3) is 0 Å². The Balaban J connectivity index is 2.38. The maximum absolute atomic E-state index is 3.35. The van der Waals surface area contributed by atoms with E-state index in [0.29, 0.717) is 0 Å². The lowest BCUT2D eigenvalue weighted by atomic mass is 10.1. The number of hydrogen-bond donors (Lipinski definition) is 1. The van der Waals surface area contributed by atoms with Gasteiger partial charge in [-0.2, -0.15) is 0 Å². The fourth-order valence-electron chi connectivity index (χ4n) is 1.33. The van der Waals surface area contributed by atoms with Crippen molar-refractivity contribution in [3.63, 3.8) is 0 Å². The first-order valence-corrected chi connectivity index (χ1v) is 3.96. The largest absolute Gasteiger partial charge is 0.384 e. The molecule has 0 bridgehead atoms. The van der Waals surface area contributed by atoms with Crippen LogP contribution in [0.2, 0.25) is 0 Å². The Morgan fingerprint density at radius 1 is 1.18 bits per heavy atom. The molecule has 2 aliphatic rings. The van der Waals surface area contributed by atoms with Crippen molar-refractivity contribution in [3.05, 3.63) is 47.7 Å². The Hall–Kier alpha value is -1.24. The van der Waals surface area contributed by atoms with Crippen molar-refractivity contribution in [2.75, 3.05) is 6.54 Å². The number of hydrogen-bond acceptors (Lipinski definition) is 1. The predicted octanol–water partition coefficient (Wildman–Crippen LogP) is 1.92. The first kappa shape index (κ1) is 6.47. The molecule has 56 valence electrons. The molecule has 0 saturated heterocycles. The van der Waals surface area contributed by atoms with Gasteiger partial charge >= 0.3 is 0 Å². The second-order valence-corrected chi connectivity index (χ2v) is 2.70. The molecule has 1 aliphatic carbocycles. The first-order chi connectivity index (χ1) is 5.47. The van der Waals surface area contributed by atoms with E-state index in [9.17, 15) is 0 Å². The molecule has 0 spiro atoms. The maximum atomic E-state index is 3.35. The molecule has 0 aromatic heterocycles. The van der Waals surface area contributed by atoms with E-state index >= 15 is 0 Å². The fourth-order valence-corrected chi connectivity index (χ4v) is 1.33. The number of nitrogens with one attached hydrogen (secondary N) is 1. The van der Waals surface area contributed by atoms with Gasteiger partial charge in [0.15, 0.2) is 0 Å². The summed E-state index contributed by atoms with van der Waals surface area (Å²) in [4.78, 5) is 0. The summed E-state index contributed by atoms with van der Waals surface area (Å²) >= 11 is 0. The summed E-state index contributed by atoms with van der Waals surface area (Å²) in [6.07, 6.45) is 13.8. The van der Waals surface area contributed by atoms with Crippen LogP contribution in [0.3, 0.4) is 0 Å². The van der Waals surface area contributed by atoms with Crippen molar-refractivity contribution in [1.29, 1.82) is 0 Å². The van der Waals surface area contributed by atoms with Crippen LogP contribution >= 0.6 is 0 Å². The molecule has 11 heavy (non-hydrogen) atoms. The van der Waals surface area contributed by atoms with Crippen LogP contribution in [0.1, 0.15) is 6.42 Å². The molecular weight excluding hydrogens is 134 g/mol. The van der Waals surface area contributed by atoms with Gasteiger partial charge in [0.1, 0.15) is 0 Å². The van der Waals surface area contributed by atoms with E-state index in [1.54, 1.807) is 0 Å². The topological polar surface area (TPSA) is 12.0 Å². The summed E-state index contributed by atoms with van der Waals surface area (Å²) in [5.74, 6) is 0. The molecular formula is C10H11N. The van der Waals surface area contributed by atoms with Crippen molar-refractivity contribution in [1.82, 2.24) is 5.32 Å². The SMILES string of the molecule is C1=CC=C2NCCC=C2C=C1. The summed E-state index contributed by atoms with van der Waals surface area (Å²) in [5.41, 5.74) is 2.57. The third kappa shape index (κ3) is 1.27. The predicted molar refractivity (Wildman–Crippen MR) is 47.1 cm³/mol. The monoisotopic (exact) mass is 145 g/mol. The second kappa shape index (κ2) is 2.79. The fraction of sp³-hybridized carbons (Fsp3) is 0.200. The van der Waals surface area contributed by atoms with Gasteiger partial charge in [-0.05, 0) is 18.1 Å². The normalized spacial score (nSPS) is 21.1. The van der Waals surface area contributed by atoms with Gasteiger partial charge in [0.2, 0.25) is 0 Å². The number of rotatable bonds is 0. The Kier molecular flexibility index (Phi) is 1.64. The smallest absolute Gasteiger partial charge is 0.0410 e. The van der Waals surface area contributed by atoms with E-state index in [1.807, 2.05) is 6.08 Å². The van der Waals surface area contributed by atoms with Crippen molar-refractivity contribution < 1.29 is 0 Å². The Bertz CT molecular complexity index is 267. The lowest BCUT2D eigenvalue weighted by Crippen LogP contribution is -2.19. The van der Waals surface area contributed by atoms with E-state index in [0.717, 1.165) is 13.0 Å². The van der Waals surface area contributed by atoms with Crippen molar-refractivity contribution in [2.45, 2.75) is 6.42 Å². The van der Waals surface area contributed by atoms with Crippen LogP contribution in [-0.4, -0.2) is 6.54 Å². The van der Waals surface area contributed by atoms with Crippen LogP contribution in [-0.2, 0) is 0 Å². The van der Waals surface area contributed by atoms with Crippen molar-refractivity contribution in [2.24, 2.45) is 0 Å². The van der Waals surface area contributed by atoms with Crippen LogP contribution in [0.15, 0.2) is 47.7 Å². The molecule has 0 fully saturated rings. The van der Waals surface area contributed by atoms with Crippen LogP contribution in [0.4, 0.5) is 0 Å². The zero-order chi connectivity index (χ0) is 7.52. The Labute approximate surface area is 66.8 Å². The van der Waals surface area contributed by atoms with Gasteiger partial charge in [-0.15, -0.1) is 0 Å². The highest BCUT2D eigenvalue weighted by Gasteiger charge is 2.05. The van der Waals surface area contributed by atoms with E-state index in [1.165, 1.54) is 11.3 Å². The van der Waals surface area contributed by atoms with Gasteiger partial charge < -0.3 is 5.32 Å². The zero-order valence-corrected chi connectivity index (χ0v) is 6.38. The molecule has 1 heterocycles. The highest BCUT2D eigenvalue weighted by Crippen LogP contribution is 2.15. The molecule has 2 rings (SSSR count). The summed E-state index contributed by atoms with van der Waals surface area (Å²) in [5, 5.41) is 3.35. The minimum absolute atomic E-state index is 1.07. The Morgan fingerprint density at radius 2 is 2.18 bits per heavy atom. The van der Waals surface area contributed by atoms with E-state index in [2.05, 4.69) is 35.7 Å². The highest BCUT2D eigenvalue weighted by molar-refractivity contribution is 5.45. The van der Waals surface area contributed by atoms with Crippen LogP contribution in [0.5, 0.6) is 0 Å². The molecule has 0 atom stereocenters. The first-order valence-electron chi connectivity index (χ1n) is 3.96. The average Bonchev–Trinajstić information content (AvgIpc) is 2.28. The van der Waals surface area contributed by atoms with Gasteiger partial charge in [-0.3, -0.25) is 0 Å². The lowest BCUT2D eigenvalue weighted by molar-refractivity contribution is 0.784. The molecule has 0 aromatic carbocycles. The molecule has 1 heteroatoms. The zero-order valence-electron chi connectivity index (χ0n) is 6.38. The Morgan fingerprint density at radius 3 is 3.18 bits per heavy atom. The van der Waals surface area contributed by atoms with Crippen LogP contribution in [0.25, 0.3) is 0 Å². The summed E-state index contributed by atoms with van der Waals surface area (Å²) < 4.78 is 0. The molecule has 1 nitrogen and oxygen atoms in total. The molecule has 0 aromatic rings. The summed E-state index contributed by atoms with van der Waals surface area (Å²) in [6.45, 7) is 1.07. The van der Waals surface area contributed by atoms with Crippen LogP contribution < -0.4 is 5.32 Å². The standard InChI is InChI=1S/C10H11N/c1-2-5-9-6-4-8-11-10(9)7-3-1/h1-3,5-7,11H,4,8H2. The van der Waals surface area contributed by atoms with Gasteiger partial charge in [0.05, 0.1) is 0 Å². The van der Waals surface area contributed by atoms with Crippen molar-refractivity contribution >= 4 is 0 Å². The van der Waals surface area contributed by atoms with Gasteiger partial charge in [0, 0.05) is 12.2 Å². The highest BCUT2D eigenvalue weighted by atomic mass is 14.9. The molecule has 1 aliphatic heterocycles. The molecule has 0 unspecified atom stereocenters.